The van der Waals surface area contributed by atoms with Crippen LogP contribution < -0.4 is 0 Å². The Morgan fingerprint density at radius 2 is 2.00 bits per heavy atom. The lowest BCUT2D eigenvalue weighted by Crippen LogP contribution is -2.42. The van der Waals surface area contributed by atoms with Gasteiger partial charge in [0.1, 0.15) is 6.10 Å². The Hall–Kier alpha value is -0.123. The van der Waals surface area contributed by atoms with E-state index in [-0.39, 0.29) is 11.1 Å². The summed E-state index contributed by atoms with van der Waals surface area (Å²) in [5, 5.41) is 0.287. The number of rotatable bonds is 5. The van der Waals surface area contributed by atoms with Crippen molar-refractivity contribution in [2.75, 3.05) is 6.61 Å². The van der Waals surface area contributed by atoms with Crippen LogP contribution in [0, 0.1) is 5.92 Å². The lowest BCUT2D eigenvalue weighted by Gasteiger charge is -2.36. The van der Waals surface area contributed by atoms with Crippen LogP contribution in [-0.2, 0) is 9.16 Å². The minimum atomic E-state index is -1.60. The largest absolute Gasteiger partial charge is 0.416 e. The molecule has 0 aromatic carbocycles. The van der Waals surface area contributed by atoms with E-state index in [1.807, 2.05) is 6.08 Å². The van der Waals surface area contributed by atoms with Gasteiger partial charge in [-0.15, -0.1) is 6.58 Å². The minimum Gasteiger partial charge on any atom is -0.416 e. The van der Waals surface area contributed by atoms with Gasteiger partial charge in [0.2, 0.25) is 0 Å². The van der Waals surface area contributed by atoms with Crippen LogP contribution in [-0.4, -0.2) is 27.1 Å². The molecule has 0 aromatic rings. The van der Waals surface area contributed by atoms with Gasteiger partial charge in [0.05, 0.1) is 6.10 Å². The second-order valence-corrected chi connectivity index (χ2v) is 11.2. The Balaban J connectivity index is 2.37. The predicted molar refractivity (Wildman–Crippen MR) is 71.2 cm³/mol. The van der Waals surface area contributed by atoms with E-state index in [0.29, 0.717) is 12.0 Å². The summed E-state index contributed by atoms with van der Waals surface area (Å²) in [6.07, 6.45) is 2.48. The average Bonchev–Trinajstić information content (AvgIpc) is 2.91. The Bertz CT molecular complexity index is 255. The molecule has 1 fully saturated rings. The molecule has 1 saturated heterocycles. The van der Waals surface area contributed by atoms with Gasteiger partial charge in [-0.05, 0) is 18.1 Å². The van der Waals surface area contributed by atoms with Gasteiger partial charge >= 0.3 is 0 Å². The van der Waals surface area contributed by atoms with Gasteiger partial charge in [0, 0.05) is 12.5 Å². The van der Waals surface area contributed by atoms with Crippen LogP contribution in [0.3, 0.4) is 0 Å². The van der Waals surface area contributed by atoms with Crippen molar-refractivity contribution in [1.82, 2.24) is 0 Å². The lowest BCUT2D eigenvalue weighted by molar-refractivity contribution is 0.207. The van der Waals surface area contributed by atoms with Crippen molar-refractivity contribution >= 4 is 8.32 Å². The standard InChI is InChI=1S/C13H26O2Si/c1-8-11-12(15-11)10(2)9-14-16(6,7)13(3,4)5/h8,10-12H,1,9H2,2-7H3/t10-,11-,12+/m1/s1. The molecule has 0 amide bonds. The molecule has 94 valence electrons. The highest BCUT2D eigenvalue weighted by Gasteiger charge is 2.43. The Labute approximate surface area is 101 Å². The van der Waals surface area contributed by atoms with Crippen LogP contribution in [0.4, 0.5) is 0 Å². The summed E-state index contributed by atoms with van der Waals surface area (Å²) in [4.78, 5) is 0. The summed E-state index contributed by atoms with van der Waals surface area (Å²) in [5.74, 6) is 0.470. The van der Waals surface area contributed by atoms with E-state index in [0.717, 1.165) is 6.61 Å². The number of epoxide rings is 1. The highest BCUT2D eigenvalue weighted by Crippen LogP contribution is 2.38. The van der Waals surface area contributed by atoms with E-state index >= 15 is 0 Å². The quantitative estimate of drug-likeness (QED) is 0.417. The monoisotopic (exact) mass is 242 g/mol. The van der Waals surface area contributed by atoms with Gasteiger partial charge < -0.3 is 9.16 Å². The molecule has 3 heteroatoms. The highest BCUT2D eigenvalue weighted by atomic mass is 28.4. The van der Waals surface area contributed by atoms with Crippen LogP contribution in [0.1, 0.15) is 27.7 Å². The fraction of sp³-hybridized carbons (Fsp3) is 0.846. The zero-order valence-corrected chi connectivity index (χ0v) is 12.5. The molecule has 16 heavy (non-hydrogen) atoms. The average molecular weight is 242 g/mol. The first-order chi connectivity index (χ1) is 7.19. The van der Waals surface area contributed by atoms with E-state index in [2.05, 4.69) is 47.4 Å². The molecule has 0 saturated carbocycles. The van der Waals surface area contributed by atoms with Crippen molar-refractivity contribution in [2.24, 2.45) is 5.92 Å². The van der Waals surface area contributed by atoms with Crippen molar-refractivity contribution in [3.8, 4) is 0 Å². The number of hydrogen-bond acceptors (Lipinski definition) is 2. The topological polar surface area (TPSA) is 21.8 Å². The first-order valence-electron chi connectivity index (χ1n) is 6.11. The molecule has 1 heterocycles. The van der Waals surface area contributed by atoms with E-state index in [4.69, 9.17) is 9.16 Å². The minimum absolute atomic E-state index is 0.262. The predicted octanol–water partition coefficient (Wildman–Crippen LogP) is 3.60. The van der Waals surface area contributed by atoms with Crippen molar-refractivity contribution in [2.45, 2.75) is 58.0 Å². The molecule has 0 N–H and O–H groups in total. The third kappa shape index (κ3) is 3.19. The summed E-state index contributed by atoms with van der Waals surface area (Å²) >= 11 is 0. The molecule has 1 aliphatic rings. The molecule has 0 aliphatic carbocycles. The zero-order valence-electron chi connectivity index (χ0n) is 11.5. The number of ether oxygens (including phenoxy) is 1. The second-order valence-electron chi connectivity index (χ2n) is 6.35. The van der Waals surface area contributed by atoms with Crippen LogP contribution in [0.25, 0.3) is 0 Å². The van der Waals surface area contributed by atoms with Crippen molar-refractivity contribution in [1.29, 1.82) is 0 Å². The SMILES string of the molecule is C=C[C@H]1O[C@H]1[C@H](C)CO[Si](C)(C)C(C)(C)C. The van der Waals surface area contributed by atoms with Gasteiger partial charge in [0.15, 0.2) is 8.32 Å². The third-order valence-electron chi connectivity index (χ3n) is 3.87. The number of hydrogen-bond donors (Lipinski definition) is 0. The van der Waals surface area contributed by atoms with Crippen LogP contribution in [0.15, 0.2) is 12.7 Å². The van der Waals surface area contributed by atoms with Gasteiger partial charge in [-0.3, -0.25) is 0 Å². The van der Waals surface area contributed by atoms with Crippen LogP contribution in [0.5, 0.6) is 0 Å². The molecule has 0 spiro atoms. The molecule has 0 bridgehead atoms. The molecule has 1 rings (SSSR count). The fourth-order valence-corrected chi connectivity index (χ4v) is 2.55. The van der Waals surface area contributed by atoms with E-state index in [1.54, 1.807) is 0 Å². The molecule has 3 atom stereocenters. The Morgan fingerprint density at radius 3 is 2.38 bits per heavy atom. The van der Waals surface area contributed by atoms with E-state index in [9.17, 15) is 0 Å². The molecule has 2 nitrogen and oxygen atoms in total. The van der Waals surface area contributed by atoms with Crippen molar-refractivity contribution in [3.63, 3.8) is 0 Å². The summed E-state index contributed by atoms with van der Waals surface area (Å²) in [7, 11) is -1.60. The smallest absolute Gasteiger partial charge is 0.191 e. The Kier molecular flexibility index (Phi) is 4.03. The van der Waals surface area contributed by atoms with Crippen LogP contribution >= 0.6 is 0 Å². The van der Waals surface area contributed by atoms with Gasteiger partial charge in [-0.1, -0.05) is 33.8 Å². The highest BCUT2D eigenvalue weighted by molar-refractivity contribution is 6.74. The van der Waals surface area contributed by atoms with Crippen molar-refractivity contribution < 1.29 is 9.16 Å². The van der Waals surface area contributed by atoms with Gasteiger partial charge in [-0.25, -0.2) is 0 Å². The Morgan fingerprint density at radius 1 is 1.44 bits per heavy atom. The fourth-order valence-electron chi connectivity index (χ4n) is 1.43. The summed E-state index contributed by atoms with van der Waals surface area (Å²) < 4.78 is 11.7. The van der Waals surface area contributed by atoms with Gasteiger partial charge in [0.25, 0.3) is 0 Å². The lowest BCUT2D eigenvalue weighted by atomic mass is 10.1. The third-order valence-corrected chi connectivity index (χ3v) is 8.37. The molecule has 1 aliphatic heterocycles. The van der Waals surface area contributed by atoms with Gasteiger partial charge in [-0.2, -0.15) is 0 Å². The molecular weight excluding hydrogens is 216 g/mol. The molecule has 0 radical (unpaired) electrons. The first-order valence-corrected chi connectivity index (χ1v) is 9.02. The van der Waals surface area contributed by atoms with Crippen LogP contribution in [0.2, 0.25) is 18.1 Å². The second kappa shape index (κ2) is 4.63. The maximum Gasteiger partial charge on any atom is 0.191 e. The maximum absolute atomic E-state index is 6.17. The summed E-state index contributed by atoms with van der Waals surface area (Å²) in [6, 6.07) is 0. The maximum atomic E-state index is 6.17. The molecule has 0 unspecified atom stereocenters. The summed E-state index contributed by atoms with van der Waals surface area (Å²) in [5.41, 5.74) is 0. The van der Waals surface area contributed by atoms with Crippen molar-refractivity contribution in [3.05, 3.63) is 12.7 Å². The normalized spacial score (nSPS) is 27.6. The van der Waals surface area contributed by atoms with E-state index in [1.165, 1.54) is 0 Å². The van der Waals surface area contributed by atoms with E-state index < -0.39 is 8.32 Å². The first kappa shape index (κ1) is 13.9. The molecule has 0 aromatic heterocycles. The summed E-state index contributed by atoms with van der Waals surface area (Å²) in [6.45, 7) is 18.1. The molecular formula is C13H26O2Si. The zero-order chi connectivity index (χ0) is 12.6.